The van der Waals surface area contributed by atoms with E-state index in [1.54, 1.807) is 4.90 Å². The molecule has 0 aromatic heterocycles. The van der Waals surface area contributed by atoms with Crippen LogP contribution in [0.15, 0.2) is 24.3 Å². The Kier molecular flexibility index (Phi) is 4.58. The molecule has 0 bridgehead atoms. The SMILES string of the molecule is Cl.NCc1ccc(N2CCCNC2=O)cc1. The summed E-state index contributed by atoms with van der Waals surface area (Å²) in [5.74, 6) is 0. The molecule has 0 aliphatic carbocycles. The first-order valence-electron chi connectivity index (χ1n) is 5.15. The van der Waals surface area contributed by atoms with E-state index in [2.05, 4.69) is 5.32 Å². The fraction of sp³-hybridized carbons (Fsp3) is 0.364. The van der Waals surface area contributed by atoms with Crippen molar-refractivity contribution < 1.29 is 4.79 Å². The zero-order chi connectivity index (χ0) is 10.7. The van der Waals surface area contributed by atoms with Crippen LogP contribution in [0.1, 0.15) is 12.0 Å². The second-order valence-corrected chi connectivity index (χ2v) is 3.61. The fourth-order valence-corrected chi connectivity index (χ4v) is 1.69. The number of amides is 2. The van der Waals surface area contributed by atoms with Gasteiger partial charge in [0.15, 0.2) is 0 Å². The van der Waals surface area contributed by atoms with Gasteiger partial charge in [-0.1, -0.05) is 12.1 Å². The standard InChI is InChI=1S/C11H15N3O.ClH/c12-8-9-2-4-10(5-3-9)14-7-1-6-13-11(14)15;/h2-5H,1,6-8,12H2,(H,13,15);1H. The van der Waals surface area contributed by atoms with Gasteiger partial charge < -0.3 is 11.1 Å². The van der Waals surface area contributed by atoms with Crippen molar-refractivity contribution in [3.8, 4) is 0 Å². The Morgan fingerprint density at radius 1 is 1.31 bits per heavy atom. The monoisotopic (exact) mass is 241 g/mol. The van der Waals surface area contributed by atoms with Crippen molar-refractivity contribution in [1.29, 1.82) is 0 Å². The third-order valence-electron chi connectivity index (χ3n) is 2.56. The van der Waals surface area contributed by atoms with Gasteiger partial charge in [0.1, 0.15) is 0 Å². The van der Waals surface area contributed by atoms with Crippen LogP contribution in [-0.2, 0) is 6.54 Å². The lowest BCUT2D eigenvalue weighted by atomic mass is 10.2. The molecule has 4 nitrogen and oxygen atoms in total. The van der Waals surface area contributed by atoms with Gasteiger partial charge in [-0.05, 0) is 24.1 Å². The van der Waals surface area contributed by atoms with E-state index in [-0.39, 0.29) is 18.4 Å². The third-order valence-corrected chi connectivity index (χ3v) is 2.56. The minimum absolute atomic E-state index is 0. The Bertz CT molecular complexity index is 353. The predicted molar refractivity (Wildman–Crippen MR) is 66.9 cm³/mol. The van der Waals surface area contributed by atoms with Gasteiger partial charge in [-0.3, -0.25) is 4.90 Å². The Morgan fingerprint density at radius 2 is 2.00 bits per heavy atom. The summed E-state index contributed by atoms with van der Waals surface area (Å²) < 4.78 is 0. The van der Waals surface area contributed by atoms with Crippen LogP contribution in [0, 0.1) is 0 Å². The molecule has 88 valence electrons. The van der Waals surface area contributed by atoms with E-state index in [9.17, 15) is 4.79 Å². The number of hydrogen-bond donors (Lipinski definition) is 2. The first kappa shape index (κ1) is 12.8. The molecule has 3 N–H and O–H groups in total. The zero-order valence-electron chi connectivity index (χ0n) is 8.98. The van der Waals surface area contributed by atoms with Crippen LogP contribution < -0.4 is 16.0 Å². The maximum atomic E-state index is 11.5. The quantitative estimate of drug-likeness (QED) is 0.824. The molecule has 1 aliphatic rings. The highest BCUT2D eigenvalue weighted by Gasteiger charge is 2.18. The summed E-state index contributed by atoms with van der Waals surface area (Å²) in [6.45, 7) is 2.09. The maximum Gasteiger partial charge on any atom is 0.321 e. The number of anilines is 1. The molecule has 0 unspecified atom stereocenters. The molecule has 5 heteroatoms. The zero-order valence-corrected chi connectivity index (χ0v) is 9.80. The van der Waals surface area contributed by atoms with E-state index in [4.69, 9.17) is 5.73 Å². The number of nitrogens with one attached hydrogen (secondary N) is 1. The first-order chi connectivity index (χ1) is 7.31. The Labute approximate surface area is 101 Å². The Hall–Kier alpha value is -1.26. The summed E-state index contributed by atoms with van der Waals surface area (Å²) in [6.07, 6.45) is 0.990. The normalized spacial score (nSPS) is 15.3. The van der Waals surface area contributed by atoms with Crippen LogP contribution in [-0.4, -0.2) is 19.1 Å². The number of hydrogen-bond acceptors (Lipinski definition) is 2. The summed E-state index contributed by atoms with van der Waals surface area (Å²) >= 11 is 0. The van der Waals surface area contributed by atoms with Crippen LogP contribution in [0.25, 0.3) is 0 Å². The number of nitrogens with two attached hydrogens (primary N) is 1. The fourth-order valence-electron chi connectivity index (χ4n) is 1.69. The Morgan fingerprint density at radius 3 is 2.56 bits per heavy atom. The second-order valence-electron chi connectivity index (χ2n) is 3.61. The number of halogens is 1. The lowest BCUT2D eigenvalue weighted by Crippen LogP contribution is -2.46. The van der Waals surface area contributed by atoms with E-state index < -0.39 is 0 Å². The van der Waals surface area contributed by atoms with Crippen LogP contribution in [0.3, 0.4) is 0 Å². The largest absolute Gasteiger partial charge is 0.338 e. The molecule has 2 rings (SSSR count). The molecule has 1 aromatic rings. The number of rotatable bonds is 2. The summed E-state index contributed by atoms with van der Waals surface area (Å²) in [6, 6.07) is 7.77. The topological polar surface area (TPSA) is 58.4 Å². The lowest BCUT2D eigenvalue weighted by Gasteiger charge is -2.27. The average molecular weight is 242 g/mol. The molecule has 1 heterocycles. The minimum atomic E-state index is -0.0123. The molecule has 0 atom stereocenters. The molecule has 1 saturated heterocycles. The van der Waals surface area contributed by atoms with E-state index >= 15 is 0 Å². The number of urea groups is 1. The highest BCUT2D eigenvalue weighted by molar-refractivity contribution is 5.92. The summed E-state index contributed by atoms with van der Waals surface area (Å²) in [4.78, 5) is 13.3. The van der Waals surface area contributed by atoms with Crippen molar-refractivity contribution in [1.82, 2.24) is 5.32 Å². The summed E-state index contributed by atoms with van der Waals surface area (Å²) in [7, 11) is 0. The van der Waals surface area contributed by atoms with E-state index in [1.165, 1.54) is 0 Å². The summed E-state index contributed by atoms with van der Waals surface area (Å²) in [5, 5.41) is 2.82. The third kappa shape index (κ3) is 2.65. The second kappa shape index (κ2) is 5.72. The average Bonchev–Trinajstić information content (AvgIpc) is 2.30. The van der Waals surface area contributed by atoms with Crippen molar-refractivity contribution in [3.05, 3.63) is 29.8 Å². The number of nitrogens with zero attached hydrogens (tertiary/aromatic N) is 1. The number of benzene rings is 1. The van der Waals surface area contributed by atoms with Crippen molar-refractivity contribution in [2.75, 3.05) is 18.0 Å². The molecule has 0 saturated carbocycles. The van der Waals surface area contributed by atoms with Crippen molar-refractivity contribution >= 4 is 24.1 Å². The van der Waals surface area contributed by atoms with Gasteiger partial charge in [0.2, 0.25) is 0 Å². The van der Waals surface area contributed by atoms with Gasteiger partial charge in [0.05, 0.1) is 0 Å². The molecule has 16 heavy (non-hydrogen) atoms. The van der Waals surface area contributed by atoms with Crippen molar-refractivity contribution in [2.45, 2.75) is 13.0 Å². The van der Waals surface area contributed by atoms with E-state index in [0.29, 0.717) is 6.54 Å². The molecular weight excluding hydrogens is 226 g/mol. The maximum absolute atomic E-state index is 11.5. The molecular formula is C11H16ClN3O. The summed E-state index contributed by atoms with van der Waals surface area (Å²) in [5.41, 5.74) is 7.53. The van der Waals surface area contributed by atoms with Crippen molar-refractivity contribution in [2.24, 2.45) is 5.73 Å². The van der Waals surface area contributed by atoms with E-state index in [0.717, 1.165) is 30.8 Å². The van der Waals surface area contributed by atoms with Crippen LogP contribution in [0.5, 0.6) is 0 Å². The van der Waals surface area contributed by atoms with Crippen molar-refractivity contribution in [3.63, 3.8) is 0 Å². The van der Waals surface area contributed by atoms with Crippen LogP contribution in [0.2, 0.25) is 0 Å². The number of carbonyl (C=O) groups is 1. The highest BCUT2D eigenvalue weighted by atomic mass is 35.5. The molecule has 0 spiro atoms. The molecule has 0 radical (unpaired) electrons. The van der Waals surface area contributed by atoms with Gasteiger partial charge >= 0.3 is 6.03 Å². The van der Waals surface area contributed by atoms with Gasteiger partial charge in [-0.15, -0.1) is 12.4 Å². The van der Waals surface area contributed by atoms with Gasteiger partial charge in [-0.25, -0.2) is 4.79 Å². The lowest BCUT2D eigenvalue weighted by molar-refractivity contribution is 0.243. The van der Waals surface area contributed by atoms with Crippen LogP contribution in [0.4, 0.5) is 10.5 Å². The van der Waals surface area contributed by atoms with Gasteiger partial charge in [0, 0.05) is 25.3 Å². The molecule has 1 aliphatic heterocycles. The molecule has 1 aromatic carbocycles. The van der Waals surface area contributed by atoms with Crippen LogP contribution >= 0.6 is 12.4 Å². The van der Waals surface area contributed by atoms with Gasteiger partial charge in [-0.2, -0.15) is 0 Å². The smallest absolute Gasteiger partial charge is 0.321 e. The highest BCUT2D eigenvalue weighted by Crippen LogP contribution is 2.17. The Balaban J connectivity index is 0.00000128. The molecule has 2 amide bonds. The minimum Gasteiger partial charge on any atom is -0.338 e. The number of carbonyl (C=O) groups excluding carboxylic acids is 1. The molecule has 1 fully saturated rings. The van der Waals surface area contributed by atoms with Gasteiger partial charge in [0.25, 0.3) is 0 Å². The van der Waals surface area contributed by atoms with E-state index in [1.807, 2.05) is 24.3 Å². The first-order valence-corrected chi connectivity index (χ1v) is 5.15. The predicted octanol–water partition coefficient (Wildman–Crippen LogP) is 1.49.